The molecule has 1 aliphatic heterocycles. The molecule has 1 N–H and O–H groups in total. The number of hydrogen-bond donors (Lipinski definition) is 1. The molecule has 0 aliphatic carbocycles. The van der Waals surface area contributed by atoms with E-state index in [0.29, 0.717) is 39.5 Å². The number of anilines is 1. The summed E-state index contributed by atoms with van der Waals surface area (Å²) in [5.74, 6) is 1.68. The van der Waals surface area contributed by atoms with Crippen molar-refractivity contribution in [3.05, 3.63) is 76.6 Å². The molecule has 208 valence electrons. The Morgan fingerprint density at radius 3 is 2.42 bits per heavy atom. The van der Waals surface area contributed by atoms with Gasteiger partial charge in [0.05, 0.1) is 21.3 Å². The molecule has 5 rings (SSSR count). The standard InChI is InChI=1S/C31H32N2O7/c1-33-14-12-22(13-15-33)39-27-11-8-20-18-25(31(35)40-28(20)29(27)38-4)32-30(34)21-9-10-26(37-3)24(17-21)19-6-5-7-23(16-19)36-2/h5-11,16-18,22H,12-15H2,1-4H3,(H,32,34). The van der Waals surface area contributed by atoms with Gasteiger partial charge in [-0.3, -0.25) is 4.79 Å². The number of amides is 1. The number of hydrogen-bond acceptors (Lipinski definition) is 8. The number of carbonyl (C=O) groups is 1. The van der Waals surface area contributed by atoms with E-state index in [2.05, 4.69) is 17.3 Å². The lowest BCUT2D eigenvalue weighted by molar-refractivity contribution is 0.102. The molecule has 1 fully saturated rings. The zero-order valence-electron chi connectivity index (χ0n) is 23.0. The molecule has 9 nitrogen and oxygen atoms in total. The molecule has 3 aromatic carbocycles. The van der Waals surface area contributed by atoms with E-state index in [1.54, 1.807) is 50.6 Å². The third kappa shape index (κ3) is 5.60. The van der Waals surface area contributed by atoms with E-state index in [9.17, 15) is 9.59 Å². The lowest BCUT2D eigenvalue weighted by Gasteiger charge is -2.29. The van der Waals surface area contributed by atoms with Gasteiger partial charge in [-0.25, -0.2) is 4.79 Å². The number of carbonyl (C=O) groups excluding carboxylic acids is 1. The second kappa shape index (κ2) is 11.7. The molecule has 1 amide bonds. The minimum atomic E-state index is -0.697. The molecule has 0 atom stereocenters. The van der Waals surface area contributed by atoms with E-state index in [1.165, 1.54) is 7.11 Å². The first-order valence-corrected chi connectivity index (χ1v) is 13.0. The predicted molar refractivity (Wildman–Crippen MR) is 153 cm³/mol. The first-order chi connectivity index (χ1) is 19.4. The Morgan fingerprint density at radius 2 is 1.70 bits per heavy atom. The van der Waals surface area contributed by atoms with Gasteiger partial charge in [0.25, 0.3) is 5.91 Å². The van der Waals surface area contributed by atoms with Crippen LogP contribution >= 0.6 is 0 Å². The maximum absolute atomic E-state index is 13.2. The van der Waals surface area contributed by atoms with Crippen molar-refractivity contribution < 1.29 is 28.2 Å². The number of benzene rings is 3. The van der Waals surface area contributed by atoms with Crippen LogP contribution in [0.5, 0.6) is 23.0 Å². The van der Waals surface area contributed by atoms with Crippen LogP contribution in [0, 0.1) is 0 Å². The summed E-state index contributed by atoms with van der Waals surface area (Å²) in [5.41, 5.74) is 1.46. The predicted octanol–water partition coefficient (Wildman–Crippen LogP) is 5.21. The monoisotopic (exact) mass is 544 g/mol. The Balaban J connectivity index is 1.42. The number of likely N-dealkylation sites (tertiary alicyclic amines) is 1. The zero-order valence-corrected chi connectivity index (χ0v) is 23.0. The summed E-state index contributed by atoms with van der Waals surface area (Å²) in [4.78, 5) is 28.4. The van der Waals surface area contributed by atoms with Gasteiger partial charge in [-0.1, -0.05) is 12.1 Å². The molecular weight excluding hydrogens is 512 g/mol. The second-order valence-corrected chi connectivity index (χ2v) is 9.68. The van der Waals surface area contributed by atoms with Gasteiger partial charge in [-0.05, 0) is 74.0 Å². The van der Waals surface area contributed by atoms with Crippen molar-refractivity contribution >= 4 is 22.6 Å². The Kier molecular flexibility index (Phi) is 7.93. The second-order valence-electron chi connectivity index (χ2n) is 9.68. The maximum atomic E-state index is 13.2. The lowest BCUT2D eigenvalue weighted by atomic mass is 10.0. The fraction of sp³-hybridized carbons (Fsp3) is 0.290. The van der Waals surface area contributed by atoms with Crippen LogP contribution in [-0.2, 0) is 0 Å². The van der Waals surface area contributed by atoms with Gasteiger partial charge in [0.1, 0.15) is 23.3 Å². The molecule has 4 aromatic rings. The number of nitrogens with one attached hydrogen (secondary N) is 1. The highest BCUT2D eigenvalue weighted by atomic mass is 16.5. The average Bonchev–Trinajstić information content (AvgIpc) is 2.98. The van der Waals surface area contributed by atoms with Crippen molar-refractivity contribution in [1.82, 2.24) is 4.90 Å². The summed E-state index contributed by atoms with van der Waals surface area (Å²) in [6, 6.07) is 17.7. The minimum Gasteiger partial charge on any atom is -0.497 e. The van der Waals surface area contributed by atoms with Crippen LogP contribution in [0.25, 0.3) is 22.1 Å². The van der Waals surface area contributed by atoms with Crippen LogP contribution in [-0.4, -0.2) is 58.4 Å². The zero-order chi connectivity index (χ0) is 28.2. The van der Waals surface area contributed by atoms with E-state index < -0.39 is 11.5 Å². The number of fused-ring (bicyclic) bond motifs is 1. The van der Waals surface area contributed by atoms with E-state index in [1.807, 2.05) is 24.3 Å². The van der Waals surface area contributed by atoms with Crippen LogP contribution < -0.4 is 29.9 Å². The van der Waals surface area contributed by atoms with E-state index in [-0.39, 0.29) is 17.4 Å². The highest BCUT2D eigenvalue weighted by Gasteiger charge is 2.22. The average molecular weight is 545 g/mol. The van der Waals surface area contributed by atoms with Gasteiger partial charge < -0.3 is 33.6 Å². The molecular formula is C31H32N2O7. The molecule has 0 spiro atoms. The first-order valence-electron chi connectivity index (χ1n) is 13.0. The SMILES string of the molecule is COc1cccc(-c2cc(C(=O)Nc3cc4ccc(OC5CCN(C)CC5)c(OC)c4oc3=O)ccc2OC)c1. The van der Waals surface area contributed by atoms with Crippen LogP contribution in [0.4, 0.5) is 5.69 Å². The van der Waals surface area contributed by atoms with E-state index in [0.717, 1.165) is 31.5 Å². The summed E-state index contributed by atoms with van der Waals surface area (Å²) < 4.78 is 28.3. The van der Waals surface area contributed by atoms with Gasteiger partial charge >= 0.3 is 5.63 Å². The number of piperidine rings is 1. The van der Waals surface area contributed by atoms with Crippen LogP contribution in [0.15, 0.2) is 69.9 Å². The van der Waals surface area contributed by atoms with Crippen molar-refractivity contribution in [3.63, 3.8) is 0 Å². The Labute approximate surface area is 232 Å². The fourth-order valence-electron chi connectivity index (χ4n) is 4.86. The van der Waals surface area contributed by atoms with E-state index >= 15 is 0 Å². The van der Waals surface area contributed by atoms with Crippen molar-refractivity contribution in [2.24, 2.45) is 0 Å². The number of ether oxygens (including phenoxy) is 4. The molecule has 0 bridgehead atoms. The summed E-state index contributed by atoms with van der Waals surface area (Å²) >= 11 is 0. The van der Waals surface area contributed by atoms with Gasteiger partial charge in [0.2, 0.25) is 5.75 Å². The lowest BCUT2D eigenvalue weighted by Crippen LogP contribution is -2.35. The number of methoxy groups -OCH3 is 3. The smallest absolute Gasteiger partial charge is 0.360 e. The fourth-order valence-corrected chi connectivity index (χ4v) is 4.86. The third-order valence-electron chi connectivity index (χ3n) is 7.07. The molecule has 0 saturated carbocycles. The molecule has 0 unspecified atom stereocenters. The van der Waals surface area contributed by atoms with Crippen LogP contribution in [0.2, 0.25) is 0 Å². The van der Waals surface area contributed by atoms with Crippen LogP contribution in [0.3, 0.4) is 0 Å². The van der Waals surface area contributed by atoms with Crippen molar-refractivity contribution in [2.45, 2.75) is 18.9 Å². The number of rotatable bonds is 8. The van der Waals surface area contributed by atoms with Gasteiger partial charge in [0, 0.05) is 29.6 Å². The summed E-state index contributed by atoms with van der Waals surface area (Å²) in [7, 11) is 6.76. The summed E-state index contributed by atoms with van der Waals surface area (Å²) in [6.45, 7) is 1.90. The molecule has 1 aromatic heterocycles. The largest absolute Gasteiger partial charge is 0.497 e. The minimum absolute atomic E-state index is 0.0160. The highest BCUT2D eigenvalue weighted by molar-refractivity contribution is 6.06. The Bertz CT molecular complexity index is 1590. The van der Waals surface area contributed by atoms with Crippen molar-refractivity contribution in [3.8, 4) is 34.1 Å². The van der Waals surface area contributed by atoms with Crippen LogP contribution in [0.1, 0.15) is 23.2 Å². The Morgan fingerprint density at radius 1 is 0.925 bits per heavy atom. The van der Waals surface area contributed by atoms with Crippen molar-refractivity contribution in [2.75, 3.05) is 46.8 Å². The summed E-state index contributed by atoms with van der Waals surface area (Å²) in [5, 5.41) is 3.28. The molecule has 1 aliphatic rings. The number of nitrogens with zero attached hydrogens (tertiary/aromatic N) is 1. The molecule has 1 saturated heterocycles. The highest BCUT2D eigenvalue weighted by Crippen LogP contribution is 2.37. The normalized spacial score (nSPS) is 14.1. The van der Waals surface area contributed by atoms with Gasteiger partial charge in [0.15, 0.2) is 11.3 Å². The van der Waals surface area contributed by atoms with E-state index in [4.69, 9.17) is 23.4 Å². The Hall–Kier alpha value is -4.50. The summed E-state index contributed by atoms with van der Waals surface area (Å²) in [6.07, 6.45) is 1.86. The molecule has 0 radical (unpaired) electrons. The van der Waals surface area contributed by atoms with Gasteiger partial charge in [-0.2, -0.15) is 0 Å². The topological polar surface area (TPSA) is 99.5 Å². The van der Waals surface area contributed by atoms with Crippen molar-refractivity contribution in [1.29, 1.82) is 0 Å². The molecule has 2 heterocycles. The van der Waals surface area contributed by atoms with Gasteiger partial charge in [-0.15, -0.1) is 0 Å². The molecule has 40 heavy (non-hydrogen) atoms. The maximum Gasteiger partial charge on any atom is 0.360 e. The quantitative estimate of drug-likeness (QED) is 0.302. The molecule has 9 heteroatoms. The third-order valence-corrected chi connectivity index (χ3v) is 7.07. The first kappa shape index (κ1) is 27.1.